The zero-order chi connectivity index (χ0) is 15.2. The van der Waals surface area contributed by atoms with E-state index in [0.29, 0.717) is 23.5 Å². The summed E-state index contributed by atoms with van der Waals surface area (Å²) < 4.78 is 3.72. The molecule has 0 radical (unpaired) electrons. The molecule has 0 saturated carbocycles. The van der Waals surface area contributed by atoms with Gasteiger partial charge in [-0.1, -0.05) is 34.8 Å². The van der Waals surface area contributed by atoms with Crippen LogP contribution in [0, 0.1) is 6.92 Å². The molecule has 7 heteroatoms. The lowest BCUT2D eigenvalue weighted by Gasteiger charge is -2.20. The first-order valence-electron chi connectivity index (χ1n) is 6.42. The molecule has 2 aromatic rings. The number of benzene rings is 1. The number of amides is 1. The fourth-order valence-corrected chi connectivity index (χ4v) is 2.52. The molecule has 0 fully saturated rings. The van der Waals surface area contributed by atoms with Gasteiger partial charge in [-0.05, 0) is 30.4 Å². The van der Waals surface area contributed by atoms with Crippen LogP contribution in [0.25, 0.3) is 0 Å². The summed E-state index contributed by atoms with van der Waals surface area (Å²) in [6.07, 6.45) is 0.602. The lowest BCUT2D eigenvalue weighted by atomic mass is 10.1. The molecule has 0 aliphatic rings. The third-order valence-corrected chi connectivity index (χ3v) is 3.79. The van der Waals surface area contributed by atoms with Crippen LogP contribution in [-0.2, 0) is 11.2 Å². The fraction of sp³-hybridized carbons (Fsp3) is 0.286. The van der Waals surface area contributed by atoms with E-state index in [-0.39, 0.29) is 12.5 Å². The van der Waals surface area contributed by atoms with E-state index in [1.165, 1.54) is 4.90 Å². The van der Waals surface area contributed by atoms with Crippen LogP contribution in [0.5, 0.6) is 0 Å². The number of aromatic nitrogens is 2. The number of carbonyl (C=O) groups is 2. The number of hydrogen-bond acceptors (Lipinski definition) is 5. The second kappa shape index (κ2) is 6.94. The summed E-state index contributed by atoms with van der Waals surface area (Å²) in [5.74, 6) is -1.37. The predicted molar refractivity (Wildman–Crippen MR) is 78.3 cm³/mol. The molecule has 1 amide bonds. The van der Waals surface area contributed by atoms with Gasteiger partial charge in [0.1, 0.15) is 11.4 Å². The van der Waals surface area contributed by atoms with E-state index in [0.717, 1.165) is 17.1 Å². The van der Waals surface area contributed by atoms with Gasteiger partial charge in [0, 0.05) is 6.54 Å². The van der Waals surface area contributed by atoms with Crippen molar-refractivity contribution in [3.8, 4) is 0 Å². The van der Waals surface area contributed by atoms with Crippen molar-refractivity contribution in [3.63, 3.8) is 0 Å². The lowest BCUT2D eigenvalue weighted by molar-refractivity contribution is -0.137. The molecule has 0 aliphatic heterocycles. The highest BCUT2D eigenvalue weighted by atomic mass is 32.1. The predicted octanol–water partition coefficient (Wildman–Crippen LogP) is 1.62. The second-order valence-corrected chi connectivity index (χ2v) is 5.30. The zero-order valence-corrected chi connectivity index (χ0v) is 12.3. The van der Waals surface area contributed by atoms with Crippen molar-refractivity contribution in [1.29, 1.82) is 0 Å². The highest BCUT2D eigenvalue weighted by Gasteiger charge is 2.22. The monoisotopic (exact) mass is 305 g/mol. The van der Waals surface area contributed by atoms with Crippen LogP contribution in [0.15, 0.2) is 30.3 Å². The maximum absolute atomic E-state index is 12.4. The summed E-state index contributed by atoms with van der Waals surface area (Å²) in [6.45, 7) is 1.70. The van der Waals surface area contributed by atoms with Crippen molar-refractivity contribution in [2.24, 2.45) is 0 Å². The van der Waals surface area contributed by atoms with E-state index in [1.807, 2.05) is 30.3 Å². The molecule has 1 N–H and O–H groups in total. The molecule has 6 nitrogen and oxygen atoms in total. The Balaban J connectivity index is 2.09. The van der Waals surface area contributed by atoms with E-state index < -0.39 is 5.97 Å². The van der Waals surface area contributed by atoms with Crippen LogP contribution in [0.1, 0.15) is 20.9 Å². The first kappa shape index (κ1) is 15.1. The maximum atomic E-state index is 12.4. The summed E-state index contributed by atoms with van der Waals surface area (Å²) in [6, 6.07) is 9.63. The Morgan fingerprint density at radius 3 is 2.57 bits per heavy atom. The number of nitrogens with zero attached hydrogens (tertiary/aromatic N) is 3. The highest BCUT2D eigenvalue weighted by Crippen LogP contribution is 2.13. The van der Waals surface area contributed by atoms with Crippen molar-refractivity contribution in [2.45, 2.75) is 13.3 Å². The molecule has 0 aliphatic carbocycles. The number of hydrogen-bond donors (Lipinski definition) is 1. The van der Waals surface area contributed by atoms with Gasteiger partial charge in [0.15, 0.2) is 0 Å². The zero-order valence-electron chi connectivity index (χ0n) is 11.5. The largest absolute Gasteiger partial charge is 0.480 e. The van der Waals surface area contributed by atoms with Gasteiger partial charge in [-0.15, -0.1) is 5.10 Å². The topological polar surface area (TPSA) is 83.4 Å². The van der Waals surface area contributed by atoms with E-state index in [1.54, 1.807) is 6.92 Å². The van der Waals surface area contributed by atoms with Gasteiger partial charge < -0.3 is 10.0 Å². The molecule has 0 saturated heterocycles. The van der Waals surface area contributed by atoms with Gasteiger partial charge >= 0.3 is 5.97 Å². The Hall–Kier alpha value is -2.28. The smallest absolute Gasteiger partial charge is 0.323 e. The molecular formula is C14H15N3O3S. The average Bonchev–Trinajstić information content (AvgIpc) is 2.89. The Bertz CT molecular complexity index is 627. The van der Waals surface area contributed by atoms with E-state index >= 15 is 0 Å². The van der Waals surface area contributed by atoms with Crippen LogP contribution < -0.4 is 0 Å². The first-order valence-corrected chi connectivity index (χ1v) is 7.19. The first-order chi connectivity index (χ1) is 10.1. The minimum Gasteiger partial charge on any atom is -0.480 e. The average molecular weight is 305 g/mol. The SMILES string of the molecule is Cc1nnsc1C(=O)N(CCc1ccccc1)CC(=O)O. The number of aliphatic carboxylic acids is 1. The Morgan fingerprint density at radius 1 is 1.29 bits per heavy atom. The van der Waals surface area contributed by atoms with E-state index in [9.17, 15) is 9.59 Å². The number of aryl methyl sites for hydroxylation is 1. The summed E-state index contributed by atoms with van der Waals surface area (Å²) in [5, 5.41) is 12.8. The summed E-state index contributed by atoms with van der Waals surface area (Å²) >= 11 is 0.989. The number of carboxylic acid groups (broad SMARTS) is 1. The third-order valence-electron chi connectivity index (χ3n) is 2.97. The van der Waals surface area contributed by atoms with Crippen molar-refractivity contribution in [1.82, 2.24) is 14.5 Å². The second-order valence-electron chi connectivity index (χ2n) is 4.54. The minimum atomic E-state index is -1.04. The Morgan fingerprint density at radius 2 is 2.00 bits per heavy atom. The molecule has 1 heterocycles. The van der Waals surface area contributed by atoms with Crippen molar-refractivity contribution in [2.75, 3.05) is 13.1 Å². The lowest BCUT2D eigenvalue weighted by Crippen LogP contribution is -2.37. The molecule has 2 rings (SSSR count). The van der Waals surface area contributed by atoms with Crippen molar-refractivity contribution in [3.05, 3.63) is 46.5 Å². The molecule has 1 aromatic heterocycles. The summed E-state index contributed by atoms with van der Waals surface area (Å²) in [7, 11) is 0. The minimum absolute atomic E-state index is 0.330. The van der Waals surface area contributed by atoms with Gasteiger partial charge in [0.25, 0.3) is 5.91 Å². The van der Waals surface area contributed by atoms with E-state index in [2.05, 4.69) is 9.59 Å². The van der Waals surface area contributed by atoms with Gasteiger partial charge in [-0.3, -0.25) is 9.59 Å². The Labute approximate surface area is 126 Å². The van der Waals surface area contributed by atoms with Crippen LogP contribution in [-0.4, -0.2) is 44.6 Å². The molecule has 0 unspecified atom stereocenters. The van der Waals surface area contributed by atoms with Gasteiger partial charge in [-0.2, -0.15) is 0 Å². The summed E-state index contributed by atoms with van der Waals surface area (Å²) in [4.78, 5) is 25.0. The molecule has 1 aromatic carbocycles. The third kappa shape index (κ3) is 4.09. The van der Waals surface area contributed by atoms with Gasteiger partial charge in [0.2, 0.25) is 0 Å². The van der Waals surface area contributed by atoms with Crippen LogP contribution in [0.2, 0.25) is 0 Å². The maximum Gasteiger partial charge on any atom is 0.323 e. The molecule has 0 spiro atoms. The highest BCUT2D eigenvalue weighted by molar-refractivity contribution is 7.07. The van der Waals surface area contributed by atoms with Crippen LogP contribution in [0.3, 0.4) is 0 Å². The van der Waals surface area contributed by atoms with Crippen molar-refractivity contribution < 1.29 is 14.7 Å². The Kier molecular flexibility index (Phi) is 4.99. The van der Waals surface area contributed by atoms with Crippen LogP contribution >= 0.6 is 11.5 Å². The van der Waals surface area contributed by atoms with Crippen LogP contribution in [0.4, 0.5) is 0 Å². The summed E-state index contributed by atoms with van der Waals surface area (Å²) in [5.41, 5.74) is 1.58. The number of carbonyl (C=O) groups excluding carboxylic acids is 1. The molecule has 110 valence electrons. The van der Waals surface area contributed by atoms with Gasteiger partial charge in [-0.25, -0.2) is 0 Å². The fourth-order valence-electron chi connectivity index (χ4n) is 1.90. The van der Waals surface area contributed by atoms with E-state index in [4.69, 9.17) is 5.11 Å². The quantitative estimate of drug-likeness (QED) is 0.876. The molecule has 0 atom stereocenters. The standard InChI is InChI=1S/C14H15N3O3S/c1-10-13(21-16-15-10)14(20)17(9-12(18)19)8-7-11-5-3-2-4-6-11/h2-6H,7-9H2,1H3,(H,18,19). The molecular weight excluding hydrogens is 290 g/mol. The normalized spacial score (nSPS) is 10.3. The molecule has 0 bridgehead atoms. The van der Waals surface area contributed by atoms with Gasteiger partial charge in [0.05, 0.1) is 5.69 Å². The number of rotatable bonds is 6. The number of carboxylic acids is 1. The molecule has 21 heavy (non-hydrogen) atoms. The van der Waals surface area contributed by atoms with Crippen molar-refractivity contribution >= 4 is 23.4 Å².